The van der Waals surface area contributed by atoms with Crippen LogP contribution in [0.3, 0.4) is 0 Å². The first kappa shape index (κ1) is 22.7. The number of anilines is 3. The van der Waals surface area contributed by atoms with E-state index >= 15 is 0 Å². The molecule has 0 aliphatic rings. The third-order valence-electron chi connectivity index (χ3n) is 3.68. The van der Waals surface area contributed by atoms with Crippen LogP contribution in [0.4, 0.5) is 26.7 Å². The lowest BCUT2D eigenvalue weighted by Crippen LogP contribution is -2.33. The van der Waals surface area contributed by atoms with Crippen LogP contribution in [0, 0.1) is 0 Å². The zero-order chi connectivity index (χ0) is 22.0. The minimum absolute atomic E-state index is 0.188. The Morgan fingerprint density at radius 3 is 2.10 bits per heavy atom. The van der Waals surface area contributed by atoms with Crippen molar-refractivity contribution in [1.29, 1.82) is 0 Å². The van der Waals surface area contributed by atoms with Gasteiger partial charge in [-0.15, -0.1) is 0 Å². The van der Waals surface area contributed by atoms with Crippen LogP contribution in [-0.2, 0) is 9.53 Å². The van der Waals surface area contributed by atoms with Crippen LogP contribution in [0.2, 0.25) is 0 Å². The lowest BCUT2D eigenvalue weighted by Gasteiger charge is -2.19. The van der Waals surface area contributed by atoms with Gasteiger partial charge in [-0.05, 0) is 57.5 Å². The van der Waals surface area contributed by atoms with Crippen molar-refractivity contribution >= 4 is 35.1 Å². The summed E-state index contributed by atoms with van der Waals surface area (Å²) in [5.41, 5.74) is 1.24. The molecule has 0 aromatic heterocycles. The molecule has 0 atom stereocenters. The topological polar surface area (TPSA) is 109 Å². The summed E-state index contributed by atoms with van der Waals surface area (Å²) in [4.78, 5) is 35.7. The molecule has 8 heteroatoms. The molecule has 0 saturated carbocycles. The summed E-state index contributed by atoms with van der Waals surface area (Å²) in [6.45, 7) is 5.69. The Bertz CT molecular complexity index is 863. The van der Waals surface area contributed by atoms with Crippen molar-refractivity contribution in [1.82, 2.24) is 5.32 Å². The van der Waals surface area contributed by atoms with E-state index in [0.29, 0.717) is 30.0 Å². The van der Waals surface area contributed by atoms with Crippen molar-refractivity contribution in [2.45, 2.75) is 39.2 Å². The molecule has 0 spiro atoms. The maximum atomic E-state index is 12.1. The van der Waals surface area contributed by atoms with Crippen LogP contribution >= 0.6 is 0 Å². The van der Waals surface area contributed by atoms with Crippen molar-refractivity contribution < 1.29 is 19.1 Å². The summed E-state index contributed by atoms with van der Waals surface area (Å²) < 4.78 is 5.13. The summed E-state index contributed by atoms with van der Waals surface area (Å²) in [7, 11) is 0. The number of benzene rings is 2. The quantitative estimate of drug-likeness (QED) is 0.499. The van der Waals surface area contributed by atoms with Gasteiger partial charge in [0.1, 0.15) is 5.60 Å². The Labute approximate surface area is 176 Å². The van der Waals surface area contributed by atoms with Gasteiger partial charge in [0.2, 0.25) is 5.91 Å². The molecule has 0 unspecified atom stereocenters. The van der Waals surface area contributed by atoms with Crippen LogP contribution < -0.4 is 21.3 Å². The lowest BCUT2D eigenvalue weighted by atomic mass is 10.2. The molecule has 4 amide bonds. The molecular formula is C22H28N4O4. The highest BCUT2D eigenvalue weighted by Gasteiger charge is 2.15. The number of alkyl carbamates (subject to hydrolysis) is 1. The van der Waals surface area contributed by atoms with Crippen LogP contribution in [0.1, 0.15) is 33.6 Å². The van der Waals surface area contributed by atoms with Crippen LogP contribution in [0.5, 0.6) is 0 Å². The third-order valence-corrected chi connectivity index (χ3v) is 3.68. The lowest BCUT2D eigenvalue weighted by molar-refractivity contribution is -0.116. The van der Waals surface area contributed by atoms with E-state index in [1.807, 2.05) is 18.2 Å². The number of para-hydroxylation sites is 1. The number of nitrogens with one attached hydrogen (secondary N) is 4. The van der Waals surface area contributed by atoms with E-state index in [1.54, 1.807) is 57.2 Å². The average molecular weight is 412 g/mol. The molecule has 2 rings (SSSR count). The van der Waals surface area contributed by atoms with E-state index in [2.05, 4.69) is 21.3 Å². The predicted molar refractivity (Wildman–Crippen MR) is 118 cm³/mol. The first-order valence-corrected chi connectivity index (χ1v) is 9.71. The molecule has 2 aromatic carbocycles. The van der Waals surface area contributed by atoms with Crippen LogP contribution in [-0.4, -0.2) is 30.2 Å². The van der Waals surface area contributed by atoms with Crippen molar-refractivity contribution in [3.05, 3.63) is 54.6 Å². The Kier molecular flexibility index (Phi) is 8.22. The zero-order valence-electron chi connectivity index (χ0n) is 17.5. The second-order valence-corrected chi connectivity index (χ2v) is 7.61. The largest absolute Gasteiger partial charge is 0.444 e. The van der Waals surface area contributed by atoms with Crippen molar-refractivity contribution in [2.75, 3.05) is 22.5 Å². The monoisotopic (exact) mass is 412 g/mol. The summed E-state index contributed by atoms with van der Waals surface area (Å²) in [5, 5.41) is 10.8. The number of ether oxygens (including phenoxy) is 1. The molecule has 0 aliphatic carbocycles. The van der Waals surface area contributed by atoms with E-state index in [-0.39, 0.29) is 18.4 Å². The normalized spacial score (nSPS) is 10.6. The first-order valence-electron chi connectivity index (χ1n) is 9.71. The van der Waals surface area contributed by atoms with E-state index < -0.39 is 11.7 Å². The van der Waals surface area contributed by atoms with Gasteiger partial charge in [-0.2, -0.15) is 0 Å². The summed E-state index contributed by atoms with van der Waals surface area (Å²) in [6.07, 6.45) is 0.209. The maximum Gasteiger partial charge on any atom is 0.407 e. The Balaban J connectivity index is 1.74. The molecule has 0 radical (unpaired) electrons. The van der Waals surface area contributed by atoms with E-state index in [9.17, 15) is 14.4 Å². The highest BCUT2D eigenvalue weighted by molar-refractivity contribution is 6.00. The standard InChI is InChI=1S/C22H28N4O4/c1-22(2,3)30-21(29)23-14-8-13-19(27)24-17-11-7-12-18(15-17)26-20(28)25-16-9-5-4-6-10-16/h4-7,9-12,15H,8,13-14H2,1-3H3,(H,23,29)(H,24,27)(H2,25,26,28). The second-order valence-electron chi connectivity index (χ2n) is 7.61. The molecule has 0 fully saturated rings. The molecular weight excluding hydrogens is 384 g/mol. The fourth-order valence-electron chi connectivity index (χ4n) is 2.47. The van der Waals surface area contributed by atoms with Gasteiger partial charge in [0.25, 0.3) is 0 Å². The number of carbonyl (C=O) groups is 3. The highest BCUT2D eigenvalue weighted by Crippen LogP contribution is 2.16. The van der Waals surface area contributed by atoms with Gasteiger partial charge in [-0.3, -0.25) is 4.79 Å². The second kappa shape index (κ2) is 10.8. The van der Waals surface area contributed by atoms with Crippen molar-refractivity contribution in [3.8, 4) is 0 Å². The van der Waals surface area contributed by atoms with Crippen molar-refractivity contribution in [3.63, 3.8) is 0 Å². The first-order chi connectivity index (χ1) is 14.2. The number of carbonyl (C=O) groups excluding carboxylic acids is 3. The zero-order valence-corrected chi connectivity index (χ0v) is 17.5. The number of hydrogen-bond acceptors (Lipinski definition) is 4. The average Bonchev–Trinajstić information content (AvgIpc) is 2.65. The van der Waals surface area contributed by atoms with E-state index in [4.69, 9.17) is 4.74 Å². The third kappa shape index (κ3) is 9.09. The molecule has 30 heavy (non-hydrogen) atoms. The minimum Gasteiger partial charge on any atom is -0.444 e. The van der Waals surface area contributed by atoms with Gasteiger partial charge in [0.05, 0.1) is 0 Å². The van der Waals surface area contributed by atoms with Crippen LogP contribution in [0.25, 0.3) is 0 Å². The fraction of sp³-hybridized carbons (Fsp3) is 0.318. The smallest absolute Gasteiger partial charge is 0.407 e. The molecule has 160 valence electrons. The van der Waals surface area contributed by atoms with Gasteiger partial charge >= 0.3 is 12.1 Å². The SMILES string of the molecule is CC(C)(C)OC(=O)NCCCC(=O)Nc1cccc(NC(=O)Nc2ccccc2)c1. The minimum atomic E-state index is -0.557. The van der Waals surface area contributed by atoms with Gasteiger partial charge in [0.15, 0.2) is 0 Å². The maximum absolute atomic E-state index is 12.1. The number of urea groups is 1. The summed E-state index contributed by atoms with van der Waals surface area (Å²) in [5.74, 6) is -0.188. The molecule has 0 bridgehead atoms. The van der Waals surface area contributed by atoms with Gasteiger partial charge in [-0.1, -0.05) is 24.3 Å². The highest BCUT2D eigenvalue weighted by atomic mass is 16.6. The van der Waals surface area contributed by atoms with E-state index in [1.165, 1.54) is 0 Å². The molecule has 0 saturated heterocycles. The Morgan fingerprint density at radius 1 is 0.833 bits per heavy atom. The molecule has 2 aromatic rings. The fourth-order valence-corrected chi connectivity index (χ4v) is 2.47. The van der Waals surface area contributed by atoms with Crippen molar-refractivity contribution in [2.24, 2.45) is 0 Å². The number of rotatable bonds is 7. The van der Waals surface area contributed by atoms with Gasteiger partial charge in [0, 0.05) is 30.0 Å². The Hall–Kier alpha value is -3.55. The predicted octanol–water partition coefficient (Wildman–Crippen LogP) is 4.57. The van der Waals surface area contributed by atoms with E-state index in [0.717, 1.165) is 0 Å². The molecule has 8 nitrogen and oxygen atoms in total. The van der Waals surface area contributed by atoms with Crippen LogP contribution in [0.15, 0.2) is 54.6 Å². The number of amides is 4. The molecule has 4 N–H and O–H groups in total. The molecule has 0 heterocycles. The summed E-state index contributed by atoms with van der Waals surface area (Å²) in [6, 6.07) is 15.6. The summed E-state index contributed by atoms with van der Waals surface area (Å²) >= 11 is 0. The van der Waals surface area contributed by atoms with Gasteiger partial charge in [-0.25, -0.2) is 9.59 Å². The number of hydrogen-bond donors (Lipinski definition) is 4. The van der Waals surface area contributed by atoms with Gasteiger partial charge < -0.3 is 26.0 Å². The molecule has 0 aliphatic heterocycles. The Morgan fingerprint density at radius 2 is 1.43 bits per heavy atom.